The molecule has 3 heterocycles. The zero-order chi connectivity index (χ0) is 22.2. The maximum atomic E-state index is 13.5. The second-order valence-corrected chi connectivity index (χ2v) is 8.54. The van der Waals surface area contributed by atoms with Gasteiger partial charge >= 0.3 is 0 Å². The minimum absolute atomic E-state index is 0.0480. The van der Waals surface area contributed by atoms with E-state index in [0.717, 1.165) is 17.0 Å². The Balaban J connectivity index is 1.74. The van der Waals surface area contributed by atoms with Gasteiger partial charge in [0.1, 0.15) is 16.3 Å². The normalized spacial score (nSPS) is 15.4. The van der Waals surface area contributed by atoms with Gasteiger partial charge in [0.05, 0.1) is 23.6 Å². The van der Waals surface area contributed by atoms with Crippen LogP contribution in [0.25, 0.3) is 11.0 Å². The second kappa shape index (κ2) is 8.20. The Kier molecular flexibility index (Phi) is 5.22. The van der Waals surface area contributed by atoms with Crippen LogP contribution in [0, 0.1) is 0 Å². The molecule has 1 amide bonds. The smallest absolute Gasteiger partial charge is 0.297 e. The van der Waals surface area contributed by atoms with Crippen molar-refractivity contribution >= 4 is 33.3 Å². The number of aromatic nitrogens is 2. The molecular formula is C24H21N3O4S. The molecule has 0 N–H and O–H groups in total. The van der Waals surface area contributed by atoms with E-state index < -0.39 is 11.9 Å². The van der Waals surface area contributed by atoms with Crippen LogP contribution in [0.3, 0.4) is 0 Å². The van der Waals surface area contributed by atoms with Gasteiger partial charge in [0.15, 0.2) is 5.43 Å². The number of para-hydroxylation sites is 1. The standard InChI is InChI=1S/C24H21N3O4S/c1-3-12-30-15-9-7-8-14(13-15)20-19-21(28)16-10-5-6-11-17(16)31-22(19)23(29)27(20)24-26-25-18(4-2)32-24/h5-11,13,20H,3-4,12H2,1-2H3. The fourth-order valence-corrected chi connectivity index (χ4v) is 4.72. The SMILES string of the molecule is CCCOc1cccc(C2c3c(oc4ccccc4c3=O)C(=O)N2c2nnc(CC)s2)c1. The number of anilines is 1. The summed E-state index contributed by atoms with van der Waals surface area (Å²) in [7, 11) is 0. The molecule has 7 nitrogen and oxygen atoms in total. The summed E-state index contributed by atoms with van der Waals surface area (Å²) >= 11 is 1.34. The van der Waals surface area contributed by atoms with Gasteiger partial charge in [0.2, 0.25) is 10.9 Å². The lowest BCUT2D eigenvalue weighted by atomic mass is 9.98. The molecular weight excluding hydrogens is 426 g/mol. The van der Waals surface area contributed by atoms with E-state index in [1.165, 1.54) is 16.2 Å². The molecule has 32 heavy (non-hydrogen) atoms. The third-order valence-corrected chi connectivity index (χ3v) is 6.46. The number of benzene rings is 2. The van der Waals surface area contributed by atoms with E-state index in [9.17, 15) is 9.59 Å². The molecule has 0 saturated carbocycles. The lowest BCUT2D eigenvalue weighted by molar-refractivity contribution is 0.0970. The highest BCUT2D eigenvalue weighted by Gasteiger charge is 2.45. The fourth-order valence-electron chi connectivity index (χ4n) is 3.91. The van der Waals surface area contributed by atoms with Crippen LogP contribution in [0.4, 0.5) is 5.13 Å². The van der Waals surface area contributed by atoms with Crippen molar-refractivity contribution in [2.75, 3.05) is 11.5 Å². The molecule has 0 fully saturated rings. The van der Waals surface area contributed by atoms with Crippen LogP contribution in [-0.4, -0.2) is 22.7 Å². The summed E-state index contributed by atoms with van der Waals surface area (Å²) in [5.41, 5.74) is 1.23. The molecule has 5 rings (SSSR count). The van der Waals surface area contributed by atoms with E-state index in [4.69, 9.17) is 9.15 Å². The first-order valence-electron chi connectivity index (χ1n) is 10.6. The van der Waals surface area contributed by atoms with Crippen molar-refractivity contribution in [3.8, 4) is 5.75 Å². The predicted molar refractivity (Wildman–Crippen MR) is 123 cm³/mol. The Hall–Kier alpha value is -3.52. The van der Waals surface area contributed by atoms with Crippen molar-refractivity contribution in [3.63, 3.8) is 0 Å². The Morgan fingerprint density at radius 3 is 2.72 bits per heavy atom. The van der Waals surface area contributed by atoms with Crippen molar-refractivity contribution in [1.29, 1.82) is 0 Å². The molecule has 2 aromatic heterocycles. The number of carbonyl (C=O) groups is 1. The van der Waals surface area contributed by atoms with E-state index in [2.05, 4.69) is 10.2 Å². The zero-order valence-electron chi connectivity index (χ0n) is 17.7. The molecule has 1 unspecified atom stereocenters. The van der Waals surface area contributed by atoms with Crippen molar-refractivity contribution < 1.29 is 13.9 Å². The summed E-state index contributed by atoms with van der Waals surface area (Å²) in [5.74, 6) is 0.334. The molecule has 0 aliphatic carbocycles. The van der Waals surface area contributed by atoms with Crippen LogP contribution in [0.5, 0.6) is 5.75 Å². The zero-order valence-corrected chi connectivity index (χ0v) is 18.5. The number of hydrogen-bond donors (Lipinski definition) is 0. The summed E-state index contributed by atoms with van der Waals surface area (Å²) in [6.45, 7) is 4.60. The summed E-state index contributed by atoms with van der Waals surface area (Å²) in [5, 5.41) is 10.1. The number of aryl methyl sites for hydroxylation is 1. The van der Waals surface area contributed by atoms with Crippen LogP contribution in [-0.2, 0) is 6.42 Å². The molecule has 1 atom stereocenters. The van der Waals surface area contributed by atoms with Gasteiger partial charge < -0.3 is 9.15 Å². The Bertz CT molecular complexity index is 1380. The molecule has 0 spiro atoms. The van der Waals surface area contributed by atoms with Gasteiger partial charge in [-0.25, -0.2) is 0 Å². The highest BCUT2D eigenvalue weighted by Crippen LogP contribution is 2.42. The van der Waals surface area contributed by atoms with Gasteiger partial charge in [0.25, 0.3) is 5.91 Å². The molecule has 4 aromatic rings. The first-order valence-corrected chi connectivity index (χ1v) is 11.4. The Morgan fingerprint density at radius 2 is 1.94 bits per heavy atom. The highest BCUT2D eigenvalue weighted by atomic mass is 32.1. The average molecular weight is 448 g/mol. The number of amides is 1. The number of rotatable bonds is 6. The molecule has 0 saturated heterocycles. The first-order chi connectivity index (χ1) is 15.6. The average Bonchev–Trinajstić information content (AvgIpc) is 3.41. The molecule has 0 radical (unpaired) electrons. The third-order valence-electron chi connectivity index (χ3n) is 5.39. The van der Waals surface area contributed by atoms with Crippen LogP contribution >= 0.6 is 11.3 Å². The lowest BCUT2D eigenvalue weighted by Crippen LogP contribution is -2.29. The highest BCUT2D eigenvalue weighted by molar-refractivity contribution is 7.15. The van der Waals surface area contributed by atoms with Crippen LogP contribution in [0.2, 0.25) is 0 Å². The Morgan fingerprint density at radius 1 is 1.09 bits per heavy atom. The Labute approximate surface area is 188 Å². The summed E-state index contributed by atoms with van der Waals surface area (Å²) in [6.07, 6.45) is 1.58. The predicted octanol–water partition coefficient (Wildman–Crippen LogP) is 4.75. The molecule has 0 bridgehead atoms. The fraction of sp³-hybridized carbons (Fsp3) is 0.250. The van der Waals surface area contributed by atoms with Gasteiger partial charge in [0, 0.05) is 0 Å². The van der Waals surface area contributed by atoms with Crippen molar-refractivity contribution in [2.24, 2.45) is 0 Å². The van der Waals surface area contributed by atoms with E-state index in [1.54, 1.807) is 24.3 Å². The number of hydrogen-bond acceptors (Lipinski definition) is 7. The number of fused-ring (bicyclic) bond motifs is 2. The van der Waals surface area contributed by atoms with Crippen molar-refractivity contribution in [1.82, 2.24) is 10.2 Å². The van der Waals surface area contributed by atoms with Crippen LogP contribution in [0.15, 0.2) is 57.7 Å². The largest absolute Gasteiger partial charge is 0.494 e. The van der Waals surface area contributed by atoms with E-state index in [-0.39, 0.29) is 11.2 Å². The van der Waals surface area contributed by atoms with Gasteiger partial charge in [-0.15, -0.1) is 10.2 Å². The van der Waals surface area contributed by atoms with Crippen molar-refractivity contribution in [3.05, 3.63) is 80.6 Å². The monoisotopic (exact) mass is 447 g/mol. The molecule has 2 aromatic carbocycles. The maximum absolute atomic E-state index is 13.5. The van der Waals surface area contributed by atoms with E-state index >= 15 is 0 Å². The topological polar surface area (TPSA) is 85.5 Å². The van der Waals surface area contributed by atoms with Crippen LogP contribution in [0.1, 0.15) is 53.0 Å². The van der Waals surface area contributed by atoms with Gasteiger partial charge in [-0.3, -0.25) is 14.5 Å². The number of ether oxygens (including phenoxy) is 1. The summed E-state index contributed by atoms with van der Waals surface area (Å²) in [4.78, 5) is 28.6. The van der Waals surface area contributed by atoms with Crippen LogP contribution < -0.4 is 15.1 Å². The summed E-state index contributed by atoms with van der Waals surface area (Å²) < 4.78 is 11.8. The third kappa shape index (κ3) is 3.27. The number of carbonyl (C=O) groups excluding carboxylic acids is 1. The molecule has 8 heteroatoms. The molecule has 162 valence electrons. The van der Waals surface area contributed by atoms with Gasteiger partial charge in [-0.1, -0.05) is 49.4 Å². The minimum Gasteiger partial charge on any atom is -0.494 e. The molecule has 1 aliphatic heterocycles. The van der Waals surface area contributed by atoms with E-state index in [1.807, 2.05) is 38.1 Å². The van der Waals surface area contributed by atoms with Gasteiger partial charge in [-0.05, 0) is 42.7 Å². The lowest BCUT2D eigenvalue weighted by Gasteiger charge is -2.22. The molecule has 1 aliphatic rings. The first kappa shape index (κ1) is 20.4. The second-order valence-electron chi connectivity index (χ2n) is 7.50. The van der Waals surface area contributed by atoms with Crippen molar-refractivity contribution in [2.45, 2.75) is 32.7 Å². The number of nitrogens with zero attached hydrogens (tertiary/aromatic N) is 3. The quantitative estimate of drug-likeness (QED) is 0.424. The maximum Gasteiger partial charge on any atom is 0.297 e. The summed E-state index contributed by atoms with van der Waals surface area (Å²) in [6, 6.07) is 13.8. The van der Waals surface area contributed by atoms with Gasteiger partial charge in [-0.2, -0.15) is 0 Å². The minimum atomic E-state index is -0.679. The van der Waals surface area contributed by atoms with E-state index in [0.29, 0.717) is 40.4 Å².